The lowest BCUT2D eigenvalue weighted by molar-refractivity contribution is -0.384. The normalized spacial score (nSPS) is 10.9. The second-order valence-electron chi connectivity index (χ2n) is 6.76. The molecular weight excluding hydrogens is 462 g/mol. The van der Waals surface area contributed by atoms with Crippen molar-refractivity contribution in [2.24, 2.45) is 5.10 Å². The van der Waals surface area contributed by atoms with E-state index in [1.807, 2.05) is 0 Å². The molecule has 2 aromatic carbocycles. The fourth-order valence-corrected chi connectivity index (χ4v) is 3.13. The molecule has 0 aliphatic carbocycles. The number of benzene rings is 2. The predicted molar refractivity (Wildman–Crippen MR) is 120 cm³/mol. The Bertz CT molecular complexity index is 1410. The molecule has 0 unspecified atom stereocenters. The van der Waals surface area contributed by atoms with Crippen LogP contribution in [0, 0.1) is 10.1 Å². The van der Waals surface area contributed by atoms with E-state index in [2.05, 4.69) is 35.8 Å². The molecule has 0 saturated heterocycles. The average molecular weight is 479 g/mol. The Morgan fingerprint density at radius 2 is 1.97 bits per heavy atom. The topological polar surface area (TPSA) is 199 Å². The molecule has 35 heavy (non-hydrogen) atoms. The first-order chi connectivity index (χ1) is 16.9. The van der Waals surface area contributed by atoms with Gasteiger partial charge >= 0.3 is 0 Å². The van der Waals surface area contributed by atoms with Gasteiger partial charge in [-0.2, -0.15) is 9.78 Å². The van der Waals surface area contributed by atoms with E-state index in [0.717, 1.165) is 4.68 Å². The Morgan fingerprint density at radius 1 is 1.20 bits per heavy atom. The first-order valence-electron chi connectivity index (χ1n) is 9.78. The van der Waals surface area contributed by atoms with Crippen molar-refractivity contribution in [2.45, 2.75) is 0 Å². The number of anilines is 1. The molecule has 2 heterocycles. The number of rotatable bonds is 8. The van der Waals surface area contributed by atoms with Gasteiger partial charge in [0.15, 0.2) is 17.2 Å². The van der Waals surface area contributed by atoms with Crippen molar-refractivity contribution in [3.05, 3.63) is 63.8 Å². The molecular formula is C20H17N9O6. The second kappa shape index (κ2) is 9.65. The first kappa shape index (κ1) is 22.8. The van der Waals surface area contributed by atoms with Crippen molar-refractivity contribution in [2.75, 3.05) is 20.0 Å². The highest BCUT2D eigenvalue weighted by Crippen LogP contribution is 2.29. The monoisotopic (exact) mass is 479 g/mol. The molecule has 3 N–H and O–H groups in total. The summed E-state index contributed by atoms with van der Waals surface area (Å²) in [6.45, 7) is 0. The van der Waals surface area contributed by atoms with Crippen molar-refractivity contribution in [1.29, 1.82) is 0 Å². The predicted octanol–water partition coefficient (Wildman–Crippen LogP) is 1.59. The summed E-state index contributed by atoms with van der Waals surface area (Å²) >= 11 is 0. The molecule has 4 aromatic rings. The highest BCUT2D eigenvalue weighted by Gasteiger charge is 2.26. The highest BCUT2D eigenvalue weighted by molar-refractivity contribution is 5.99. The minimum atomic E-state index is -0.733. The molecule has 0 radical (unpaired) electrons. The summed E-state index contributed by atoms with van der Waals surface area (Å²) in [6.07, 6.45) is 1.37. The number of methoxy groups -OCH3 is 2. The number of non-ortho nitro benzene ring substituents is 1. The number of nitrogens with zero attached hydrogens (tertiary/aromatic N) is 7. The summed E-state index contributed by atoms with van der Waals surface area (Å²) in [5.74, 6) is -0.0332. The third-order valence-corrected chi connectivity index (χ3v) is 4.74. The summed E-state index contributed by atoms with van der Waals surface area (Å²) < 4.78 is 16.2. The van der Waals surface area contributed by atoms with Crippen LogP contribution in [0.15, 0.2) is 52.2 Å². The Kier molecular flexibility index (Phi) is 6.30. The van der Waals surface area contributed by atoms with Gasteiger partial charge in [0, 0.05) is 23.3 Å². The fourth-order valence-electron chi connectivity index (χ4n) is 3.13. The number of para-hydroxylation sites is 1. The lowest BCUT2D eigenvalue weighted by Gasteiger charge is -2.09. The van der Waals surface area contributed by atoms with E-state index in [0.29, 0.717) is 22.6 Å². The van der Waals surface area contributed by atoms with E-state index in [1.54, 1.807) is 18.2 Å². The zero-order valence-electron chi connectivity index (χ0n) is 18.3. The van der Waals surface area contributed by atoms with E-state index in [1.165, 1.54) is 44.7 Å². The summed E-state index contributed by atoms with van der Waals surface area (Å²) in [7, 11) is 2.98. The number of hydrogen-bond donors (Lipinski definition) is 2. The zero-order chi connectivity index (χ0) is 24.9. The molecule has 178 valence electrons. The number of nitrogen functional groups attached to an aromatic ring is 1. The van der Waals surface area contributed by atoms with Crippen LogP contribution in [0.3, 0.4) is 0 Å². The van der Waals surface area contributed by atoms with E-state index in [-0.39, 0.29) is 28.7 Å². The number of hydrogen-bond acceptors (Lipinski definition) is 12. The number of amides is 1. The standard InChI is InChI=1S/C20H17N9O6/c1-33-14-5-3-4-12(17(14)34-2)10-22-24-20(30)16-15(11-6-8-13(9-7-11)29(31)32)23-27-28(16)19-18(21)25-35-26-19/h3-10H,1-2H3,(H2,21,25)(H,24,30)/b22-10+. The van der Waals surface area contributed by atoms with Crippen molar-refractivity contribution < 1.29 is 23.8 Å². The van der Waals surface area contributed by atoms with Crippen molar-refractivity contribution >= 4 is 23.6 Å². The largest absolute Gasteiger partial charge is 0.493 e. The van der Waals surface area contributed by atoms with E-state index < -0.39 is 10.8 Å². The Balaban J connectivity index is 1.70. The summed E-state index contributed by atoms with van der Waals surface area (Å²) in [5, 5.41) is 30.1. The van der Waals surface area contributed by atoms with Gasteiger partial charge in [-0.15, -0.1) is 5.10 Å². The molecule has 0 bridgehead atoms. The molecule has 2 aromatic heterocycles. The van der Waals surface area contributed by atoms with Crippen LogP contribution in [0.4, 0.5) is 11.5 Å². The van der Waals surface area contributed by atoms with E-state index in [9.17, 15) is 14.9 Å². The summed E-state index contributed by atoms with van der Waals surface area (Å²) in [4.78, 5) is 23.6. The molecule has 4 rings (SSSR count). The maximum atomic E-state index is 13.2. The van der Waals surface area contributed by atoms with Crippen molar-refractivity contribution in [3.8, 4) is 28.6 Å². The SMILES string of the molecule is COc1cccc(/C=N/NC(=O)c2c(-c3ccc([N+](=O)[O-])cc3)nnn2-c2nonc2N)c1OC. The number of nitro benzene ring substituents is 1. The minimum Gasteiger partial charge on any atom is -0.493 e. The Labute approximate surface area is 196 Å². The Hall–Kier alpha value is -5.34. The average Bonchev–Trinajstić information content (AvgIpc) is 3.49. The number of carbonyl (C=O) groups excluding carboxylic acids is 1. The first-order valence-corrected chi connectivity index (χ1v) is 9.78. The fraction of sp³-hybridized carbons (Fsp3) is 0.100. The van der Waals surface area contributed by atoms with E-state index in [4.69, 9.17) is 15.2 Å². The van der Waals surface area contributed by atoms with Crippen molar-refractivity contribution in [1.82, 2.24) is 30.7 Å². The van der Waals surface area contributed by atoms with E-state index >= 15 is 0 Å². The number of ether oxygens (including phenoxy) is 2. The molecule has 1 amide bonds. The quantitative estimate of drug-likeness (QED) is 0.211. The molecule has 15 heteroatoms. The van der Waals surface area contributed by atoms with Gasteiger partial charge in [0.1, 0.15) is 5.69 Å². The molecule has 0 aliphatic rings. The number of hydrazone groups is 1. The molecule has 0 spiro atoms. The molecule has 0 fully saturated rings. The summed E-state index contributed by atoms with van der Waals surface area (Å²) in [6, 6.07) is 10.6. The molecule has 15 nitrogen and oxygen atoms in total. The van der Waals surface area contributed by atoms with Crippen LogP contribution in [0.25, 0.3) is 17.1 Å². The lowest BCUT2D eigenvalue weighted by Crippen LogP contribution is -2.22. The minimum absolute atomic E-state index is 0.0748. The third-order valence-electron chi connectivity index (χ3n) is 4.74. The lowest BCUT2D eigenvalue weighted by atomic mass is 10.1. The van der Waals surface area contributed by atoms with Crippen LogP contribution in [-0.4, -0.2) is 56.6 Å². The van der Waals surface area contributed by atoms with Crippen LogP contribution in [0.5, 0.6) is 11.5 Å². The smallest absolute Gasteiger partial charge is 0.292 e. The summed E-state index contributed by atoms with van der Waals surface area (Å²) in [5.41, 5.74) is 8.91. The van der Waals surface area contributed by atoms with Gasteiger partial charge in [-0.25, -0.2) is 10.1 Å². The van der Waals surface area contributed by atoms with Gasteiger partial charge in [0.2, 0.25) is 11.6 Å². The van der Waals surface area contributed by atoms with Crippen LogP contribution in [-0.2, 0) is 0 Å². The maximum absolute atomic E-state index is 13.2. The zero-order valence-corrected chi connectivity index (χ0v) is 18.3. The van der Waals surface area contributed by atoms with Gasteiger partial charge in [-0.1, -0.05) is 11.3 Å². The van der Waals surface area contributed by atoms with Gasteiger partial charge in [-0.3, -0.25) is 14.9 Å². The van der Waals surface area contributed by atoms with Gasteiger partial charge in [-0.05, 0) is 34.6 Å². The van der Waals surface area contributed by atoms with Crippen LogP contribution in [0.2, 0.25) is 0 Å². The third kappa shape index (κ3) is 4.45. The molecule has 0 atom stereocenters. The number of nitrogens with one attached hydrogen (secondary N) is 1. The molecule has 0 saturated carbocycles. The van der Waals surface area contributed by atoms with Crippen LogP contribution < -0.4 is 20.6 Å². The van der Waals surface area contributed by atoms with Gasteiger partial charge < -0.3 is 15.2 Å². The van der Waals surface area contributed by atoms with Gasteiger partial charge in [0.05, 0.1) is 25.4 Å². The second-order valence-corrected chi connectivity index (χ2v) is 6.76. The number of nitrogens with two attached hydrogens (primary N) is 1. The maximum Gasteiger partial charge on any atom is 0.292 e. The number of carbonyl (C=O) groups is 1. The molecule has 0 aliphatic heterocycles. The highest BCUT2D eigenvalue weighted by atomic mass is 16.6. The number of aromatic nitrogens is 5. The van der Waals surface area contributed by atoms with Crippen molar-refractivity contribution in [3.63, 3.8) is 0 Å². The van der Waals surface area contributed by atoms with Gasteiger partial charge in [0.25, 0.3) is 11.6 Å². The van der Waals surface area contributed by atoms with Crippen LogP contribution >= 0.6 is 0 Å². The van der Waals surface area contributed by atoms with Crippen LogP contribution in [0.1, 0.15) is 16.1 Å². The Morgan fingerprint density at radius 3 is 2.60 bits per heavy atom. The number of nitro groups is 1.